The molecule has 1 aromatic heterocycles. The summed E-state index contributed by atoms with van der Waals surface area (Å²) < 4.78 is 1.98. The minimum atomic E-state index is -0.489. The smallest absolute Gasteiger partial charge is 0.0991 e. The highest BCUT2D eigenvalue weighted by Gasteiger charge is 2.35. The van der Waals surface area contributed by atoms with E-state index in [2.05, 4.69) is 34.1 Å². The number of aromatic nitrogens is 2. The number of hydrogen-bond donors (Lipinski definition) is 1. The van der Waals surface area contributed by atoms with Crippen molar-refractivity contribution < 1.29 is 5.11 Å². The van der Waals surface area contributed by atoms with Crippen molar-refractivity contribution in [3.63, 3.8) is 0 Å². The maximum atomic E-state index is 9.68. The van der Waals surface area contributed by atoms with E-state index in [0.717, 1.165) is 25.3 Å². The lowest BCUT2D eigenvalue weighted by molar-refractivity contribution is -0.0871. The fourth-order valence-electron chi connectivity index (χ4n) is 2.47. The van der Waals surface area contributed by atoms with E-state index in [-0.39, 0.29) is 0 Å². The average Bonchev–Trinajstić information content (AvgIpc) is 2.81. The van der Waals surface area contributed by atoms with Gasteiger partial charge < -0.3 is 9.67 Å². The molecule has 0 aliphatic carbocycles. The monoisotopic (exact) mass is 243 g/mol. The van der Waals surface area contributed by atoms with Crippen molar-refractivity contribution >= 4 is 0 Å². The van der Waals surface area contributed by atoms with Gasteiger partial charge in [0, 0.05) is 37.7 Å². The summed E-state index contributed by atoms with van der Waals surface area (Å²) in [6.45, 7) is 4.30. The summed E-state index contributed by atoms with van der Waals surface area (Å²) >= 11 is 0. The number of benzene rings is 1. The summed E-state index contributed by atoms with van der Waals surface area (Å²) in [6.07, 6.45) is 5.50. The molecule has 0 saturated carbocycles. The Morgan fingerprint density at radius 1 is 1.28 bits per heavy atom. The molecule has 0 spiro atoms. The van der Waals surface area contributed by atoms with Crippen molar-refractivity contribution in [1.29, 1.82) is 0 Å². The van der Waals surface area contributed by atoms with Crippen LogP contribution in [0.25, 0.3) is 5.69 Å². The fourth-order valence-corrected chi connectivity index (χ4v) is 2.47. The molecule has 2 heterocycles. The van der Waals surface area contributed by atoms with Gasteiger partial charge in [-0.15, -0.1) is 0 Å². The van der Waals surface area contributed by atoms with Gasteiger partial charge in [0.2, 0.25) is 0 Å². The number of likely N-dealkylation sites (tertiary alicyclic amines) is 1. The standard InChI is InChI=1S/C14H17N3O/c1-14(18)9-16(10-14)8-12-2-4-13(5-3-12)17-7-6-15-11-17/h2-7,11,18H,8-10H2,1H3. The zero-order chi connectivity index (χ0) is 12.6. The second kappa shape index (κ2) is 4.23. The Morgan fingerprint density at radius 2 is 2.00 bits per heavy atom. The summed E-state index contributed by atoms with van der Waals surface area (Å²) in [4.78, 5) is 6.28. The van der Waals surface area contributed by atoms with Crippen molar-refractivity contribution in [3.8, 4) is 5.69 Å². The third-order valence-electron chi connectivity index (χ3n) is 3.27. The van der Waals surface area contributed by atoms with Gasteiger partial charge in [-0.25, -0.2) is 4.98 Å². The Bertz CT molecular complexity index is 508. The molecule has 0 radical (unpaired) electrons. The van der Waals surface area contributed by atoms with Crippen LogP contribution in [-0.2, 0) is 6.54 Å². The van der Waals surface area contributed by atoms with Gasteiger partial charge in [0.05, 0.1) is 11.9 Å². The molecule has 1 aliphatic heterocycles. The van der Waals surface area contributed by atoms with Crippen molar-refractivity contribution in [2.75, 3.05) is 13.1 Å². The molecule has 0 atom stereocenters. The first-order chi connectivity index (χ1) is 8.62. The number of imidazole rings is 1. The van der Waals surface area contributed by atoms with Crippen molar-refractivity contribution in [2.24, 2.45) is 0 Å². The van der Waals surface area contributed by atoms with Crippen molar-refractivity contribution in [1.82, 2.24) is 14.5 Å². The first-order valence-corrected chi connectivity index (χ1v) is 6.14. The van der Waals surface area contributed by atoms with Gasteiger partial charge in [-0.05, 0) is 24.6 Å². The lowest BCUT2D eigenvalue weighted by atomic mass is 9.96. The van der Waals surface area contributed by atoms with Crippen LogP contribution in [0, 0.1) is 0 Å². The average molecular weight is 243 g/mol. The second-order valence-corrected chi connectivity index (χ2v) is 5.28. The Morgan fingerprint density at radius 3 is 2.56 bits per heavy atom. The molecule has 94 valence electrons. The normalized spacial score (nSPS) is 18.6. The van der Waals surface area contributed by atoms with E-state index in [0.29, 0.717) is 0 Å². The van der Waals surface area contributed by atoms with Gasteiger partial charge in [0.1, 0.15) is 0 Å². The van der Waals surface area contributed by atoms with Crippen LogP contribution in [0.4, 0.5) is 0 Å². The first kappa shape index (κ1) is 11.4. The highest BCUT2D eigenvalue weighted by molar-refractivity contribution is 5.34. The van der Waals surface area contributed by atoms with Gasteiger partial charge in [-0.3, -0.25) is 4.90 Å². The fraction of sp³-hybridized carbons (Fsp3) is 0.357. The molecular weight excluding hydrogens is 226 g/mol. The molecule has 1 N–H and O–H groups in total. The summed E-state index contributed by atoms with van der Waals surface area (Å²) in [5.41, 5.74) is 1.90. The van der Waals surface area contributed by atoms with Gasteiger partial charge in [-0.2, -0.15) is 0 Å². The van der Waals surface area contributed by atoms with Gasteiger partial charge in [0.15, 0.2) is 0 Å². The van der Waals surface area contributed by atoms with E-state index in [9.17, 15) is 5.11 Å². The largest absolute Gasteiger partial charge is 0.388 e. The lowest BCUT2D eigenvalue weighted by Gasteiger charge is -2.44. The lowest BCUT2D eigenvalue weighted by Crippen LogP contribution is -2.59. The maximum Gasteiger partial charge on any atom is 0.0991 e. The minimum absolute atomic E-state index is 0.489. The quantitative estimate of drug-likeness (QED) is 0.887. The van der Waals surface area contributed by atoms with Gasteiger partial charge >= 0.3 is 0 Å². The summed E-state index contributed by atoms with van der Waals surface area (Å²) in [5, 5.41) is 9.68. The topological polar surface area (TPSA) is 41.3 Å². The van der Waals surface area contributed by atoms with E-state index in [1.165, 1.54) is 5.56 Å². The predicted molar refractivity (Wildman–Crippen MR) is 69.5 cm³/mol. The number of rotatable bonds is 3. The number of hydrogen-bond acceptors (Lipinski definition) is 3. The van der Waals surface area contributed by atoms with Crippen molar-refractivity contribution in [2.45, 2.75) is 19.1 Å². The molecule has 4 nitrogen and oxygen atoms in total. The van der Waals surface area contributed by atoms with Crippen LogP contribution in [0.1, 0.15) is 12.5 Å². The molecule has 18 heavy (non-hydrogen) atoms. The Labute approximate surface area is 107 Å². The Hall–Kier alpha value is -1.65. The van der Waals surface area contributed by atoms with Crippen LogP contribution in [0.3, 0.4) is 0 Å². The zero-order valence-corrected chi connectivity index (χ0v) is 10.5. The summed E-state index contributed by atoms with van der Waals surface area (Å²) in [7, 11) is 0. The molecule has 4 heteroatoms. The SMILES string of the molecule is CC1(O)CN(Cc2ccc(-n3ccnc3)cc2)C1. The molecule has 1 fully saturated rings. The maximum absolute atomic E-state index is 9.68. The van der Waals surface area contributed by atoms with E-state index in [1.807, 2.05) is 17.7 Å². The Kier molecular flexibility index (Phi) is 2.69. The van der Waals surface area contributed by atoms with Crippen LogP contribution in [0.2, 0.25) is 0 Å². The van der Waals surface area contributed by atoms with Crippen LogP contribution in [0.5, 0.6) is 0 Å². The predicted octanol–water partition coefficient (Wildman–Crippen LogP) is 1.44. The highest BCUT2D eigenvalue weighted by atomic mass is 16.3. The first-order valence-electron chi connectivity index (χ1n) is 6.14. The molecule has 0 amide bonds. The number of nitrogens with zero attached hydrogens (tertiary/aromatic N) is 3. The zero-order valence-electron chi connectivity index (χ0n) is 10.5. The van der Waals surface area contributed by atoms with Crippen LogP contribution >= 0.6 is 0 Å². The number of β-amino-alcohol motifs (C(OH)–C–C–N with tert-alkyl or cyclic N) is 1. The van der Waals surface area contributed by atoms with Crippen LogP contribution in [-0.4, -0.2) is 38.2 Å². The molecule has 3 rings (SSSR count). The van der Waals surface area contributed by atoms with E-state index < -0.39 is 5.60 Å². The summed E-state index contributed by atoms with van der Waals surface area (Å²) in [6, 6.07) is 8.44. The van der Waals surface area contributed by atoms with E-state index >= 15 is 0 Å². The van der Waals surface area contributed by atoms with E-state index in [4.69, 9.17) is 0 Å². The van der Waals surface area contributed by atoms with Gasteiger partial charge in [0.25, 0.3) is 0 Å². The van der Waals surface area contributed by atoms with Crippen molar-refractivity contribution in [3.05, 3.63) is 48.5 Å². The number of aliphatic hydroxyl groups is 1. The van der Waals surface area contributed by atoms with Gasteiger partial charge in [-0.1, -0.05) is 12.1 Å². The minimum Gasteiger partial charge on any atom is -0.388 e. The van der Waals surface area contributed by atoms with E-state index in [1.54, 1.807) is 12.5 Å². The molecule has 1 aromatic carbocycles. The Balaban J connectivity index is 1.65. The molecule has 1 saturated heterocycles. The molecule has 2 aromatic rings. The third kappa shape index (κ3) is 2.30. The van der Waals surface area contributed by atoms with Crippen LogP contribution < -0.4 is 0 Å². The highest BCUT2D eigenvalue weighted by Crippen LogP contribution is 2.22. The molecule has 0 unspecified atom stereocenters. The summed E-state index contributed by atoms with van der Waals surface area (Å²) in [5.74, 6) is 0. The second-order valence-electron chi connectivity index (χ2n) is 5.28. The molecule has 0 bridgehead atoms. The van der Waals surface area contributed by atoms with Crippen LogP contribution in [0.15, 0.2) is 43.0 Å². The third-order valence-corrected chi connectivity index (χ3v) is 3.27. The molecule has 1 aliphatic rings. The molecular formula is C14H17N3O.